The van der Waals surface area contributed by atoms with Crippen molar-refractivity contribution in [2.75, 3.05) is 12.4 Å². The molecule has 2 aliphatic heterocycles. The highest BCUT2D eigenvalue weighted by Gasteiger charge is 2.42. The molecule has 40 heavy (non-hydrogen) atoms. The third-order valence-electron chi connectivity index (χ3n) is 7.41. The van der Waals surface area contributed by atoms with E-state index in [0.717, 1.165) is 31.2 Å². The van der Waals surface area contributed by atoms with Crippen LogP contribution in [0.5, 0.6) is 5.75 Å². The monoisotopic (exact) mass is 561 g/mol. The molecule has 0 radical (unpaired) electrons. The fourth-order valence-electron chi connectivity index (χ4n) is 5.26. The summed E-state index contributed by atoms with van der Waals surface area (Å²) >= 11 is 1.25. The Labute approximate surface area is 238 Å². The Morgan fingerprint density at radius 1 is 1.12 bits per heavy atom. The fraction of sp³-hybridized carbons (Fsp3) is 0.433. The summed E-state index contributed by atoms with van der Waals surface area (Å²) in [6.45, 7) is 1.93. The highest BCUT2D eigenvalue weighted by molar-refractivity contribution is 8.15. The van der Waals surface area contributed by atoms with Gasteiger partial charge in [-0.3, -0.25) is 19.4 Å². The first kappa shape index (κ1) is 27.9. The zero-order valence-corrected chi connectivity index (χ0v) is 23.7. The van der Waals surface area contributed by atoms with E-state index < -0.39 is 11.3 Å². The molecule has 0 spiro atoms. The number of ether oxygens (including phenoxy) is 1. The van der Waals surface area contributed by atoms with Crippen molar-refractivity contribution in [3.63, 3.8) is 0 Å². The standard InChI is InChI=1S/C30H35N5O4S/c1-3-25(28(37)32-20-12-9-13-21(18-20)39-2)40-30-34-23-15-8-7-14-22(23)27-33-24(29(38)35(27)30)16-17-26(36)31-19-10-5-4-6-11-19/h7-9,12-15,18-19,24-25H,3-6,10-11,16-17H2,1-2H3,(H,31,36)(H,32,37)/t24-,25+/m1/s1. The molecule has 0 unspecified atom stereocenters. The van der Waals surface area contributed by atoms with E-state index in [-0.39, 0.29) is 30.2 Å². The van der Waals surface area contributed by atoms with Gasteiger partial charge >= 0.3 is 0 Å². The molecule has 2 aromatic carbocycles. The van der Waals surface area contributed by atoms with Gasteiger partial charge in [0.2, 0.25) is 11.8 Å². The molecule has 10 heteroatoms. The zero-order valence-electron chi connectivity index (χ0n) is 22.9. The van der Waals surface area contributed by atoms with Crippen molar-refractivity contribution in [2.45, 2.75) is 75.6 Å². The SMILES string of the molecule is CC[C@H](SC1=Nc2ccccc2C2=N[C@H](CCC(=O)NC3CCCCC3)C(=O)N12)C(=O)Nc1cccc(OC)c1. The van der Waals surface area contributed by atoms with Gasteiger partial charge in [0, 0.05) is 29.8 Å². The summed E-state index contributed by atoms with van der Waals surface area (Å²) in [6, 6.07) is 14.3. The topological polar surface area (TPSA) is 112 Å². The minimum Gasteiger partial charge on any atom is -0.497 e. The maximum Gasteiger partial charge on any atom is 0.259 e. The number of amides is 3. The van der Waals surface area contributed by atoms with Gasteiger partial charge in [0.25, 0.3) is 5.91 Å². The van der Waals surface area contributed by atoms with Crippen LogP contribution in [-0.4, -0.2) is 58.1 Å². The Morgan fingerprint density at radius 3 is 2.70 bits per heavy atom. The van der Waals surface area contributed by atoms with Gasteiger partial charge in [-0.05, 0) is 49.9 Å². The predicted molar refractivity (Wildman–Crippen MR) is 158 cm³/mol. The van der Waals surface area contributed by atoms with Crippen LogP contribution in [0, 0.1) is 0 Å². The van der Waals surface area contributed by atoms with Crippen LogP contribution in [0.2, 0.25) is 0 Å². The molecule has 0 saturated heterocycles. The van der Waals surface area contributed by atoms with Crippen molar-refractivity contribution in [3.05, 3.63) is 54.1 Å². The molecule has 3 aliphatic rings. The summed E-state index contributed by atoms with van der Waals surface area (Å²) in [5, 5.41) is 6.00. The van der Waals surface area contributed by atoms with Crippen molar-refractivity contribution < 1.29 is 19.1 Å². The first-order valence-electron chi connectivity index (χ1n) is 14.0. The summed E-state index contributed by atoms with van der Waals surface area (Å²) in [4.78, 5) is 50.6. The number of carbonyl (C=O) groups is 3. The number of rotatable bonds is 9. The number of benzene rings is 2. The Hall–Kier alpha value is -3.66. The second kappa shape index (κ2) is 12.7. The molecule has 0 bridgehead atoms. The highest BCUT2D eigenvalue weighted by atomic mass is 32.2. The first-order chi connectivity index (χ1) is 19.5. The molecular formula is C30H35N5O4S. The molecule has 1 aliphatic carbocycles. The lowest BCUT2D eigenvalue weighted by atomic mass is 9.95. The van der Waals surface area contributed by atoms with Crippen molar-refractivity contribution >= 4 is 51.9 Å². The summed E-state index contributed by atoms with van der Waals surface area (Å²) in [5.41, 5.74) is 2.10. The zero-order chi connectivity index (χ0) is 28.1. The van der Waals surface area contributed by atoms with Crippen molar-refractivity contribution in [3.8, 4) is 5.75 Å². The molecule has 3 amide bonds. The minimum atomic E-state index is -0.672. The number of fused-ring (bicyclic) bond motifs is 3. The number of anilines is 1. The van der Waals surface area contributed by atoms with E-state index in [2.05, 4.69) is 10.6 Å². The number of nitrogens with zero attached hydrogens (tertiary/aromatic N) is 3. The number of methoxy groups -OCH3 is 1. The number of hydrogen-bond acceptors (Lipinski definition) is 7. The maximum atomic E-state index is 13.6. The van der Waals surface area contributed by atoms with Gasteiger partial charge in [-0.2, -0.15) is 0 Å². The molecule has 2 N–H and O–H groups in total. The van der Waals surface area contributed by atoms with E-state index >= 15 is 0 Å². The maximum absolute atomic E-state index is 13.6. The molecule has 9 nitrogen and oxygen atoms in total. The van der Waals surface area contributed by atoms with Crippen LogP contribution in [0.3, 0.4) is 0 Å². The Morgan fingerprint density at radius 2 is 1.93 bits per heavy atom. The van der Waals surface area contributed by atoms with E-state index in [1.807, 2.05) is 43.3 Å². The largest absolute Gasteiger partial charge is 0.497 e. The van der Waals surface area contributed by atoms with E-state index in [1.54, 1.807) is 19.2 Å². The molecule has 0 aromatic heterocycles. The highest BCUT2D eigenvalue weighted by Crippen LogP contribution is 2.36. The van der Waals surface area contributed by atoms with Gasteiger partial charge in [0.05, 0.1) is 18.0 Å². The Bertz CT molecular complexity index is 1340. The predicted octanol–water partition coefficient (Wildman–Crippen LogP) is 5.03. The number of hydrogen-bond donors (Lipinski definition) is 2. The minimum absolute atomic E-state index is 0.0336. The Kier molecular flexibility index (Phi) is 8.84. The molecule has 2 heterocycles. The summed E-state index contributed by atoms with van der Waals surface area (Å²) in [7, 11) is 1.58. The number of amidine groups is 2. The smallest absolute Gasteiger partial charge is 0.259 e. The van der Waals surface area contributed by atoms with Crippen LogP contribution in [0.25, 0.3) is 0 Å². The van der Waals surface area contributed by atoms with Crippen molar-refractivity contribution in [1.82, 2.24) is 10.2 Å². The van der Waals surface area contributed by atoms with Crippen molar-refractivity contribution in [2.24, 2.45) is 9.98 Å². The van der Waals surface area contributed by atoms with E-state index in [9.17, 15) is 14.4 Å². The van der Waals surface area contributed by atoms with Crippen LogP contribution in [-0.2, 0) is 14.4 Å². The number of nitrogens with one attached hydrogen (secondary N) is 2. The molecule has 2 atom stereocenters. The van der Waals surface area contributed by atoms with Crippen LogP contribution < -0.4 is 15.4 Å². The molecule has 1 fully saturated rings. The lowest BCUT2D eigenvalue weighted by Gasteiger charge is -2.27. The van der Waals surface area contributed by atoms with E-state index in [0.29, 0.717) is 41.0 Å². The van der Waals surface area contributed by atoms with Gasteiger partial charge in [-0.15, -0.1) is 0 Å². The molecule has 5 rings (SSSR count). The number of carbonyl (C=O) groups excluding carboxylic acids is 3. The summed E-state index contributed by atoms with van der Waals surface area (Å²) in [6.07, 6.45) is 6.63. The first-order valence-corrected chi connectivity index (χ1v) is 14.9. The third-order valence-corrected chi connectivity index (χ3v) is 8.73. The van der Waals surface area contributed by atoms with Crippen LogP contribution in [0.1, 0.15) is 63.9 Å². The normalized spacial score (nSPS) is 19.2. The molecule has 1 saturated carbocycles. The Balaban J connectivity index is 1.30. The summed E-state index contributed by atoms with van der Waals surface area (Å²) < 4.78 is 5.26. The van der Waals surface area contributed by atoms with Gasteiger partial charge in [-0.1, -0.05) is 56.1 Å². The van der Waals surface area contributed by atoms with Crippen molar-refractivity contribution in [1.29, 1.82) is 0 Å². The lowest BCUT2D eigenvalue weighted by molar-refractivity contribution is -0.125. The van der Waals surface area contributed by atoms with Crippen LogP contribution in [0.4, 0.5) is 11.4 Å². The van der Waals surface area contributed by atoms with Gasteiger partial charge in [0.15, 0.2) is 5.17 Å². The number of para-hydroxylation sites is 1. The fourth-order valence-corrected chi connectivity index (χ4v) is 6.28. The third kappa shape index (κ3) is 6.22. The van der Waals surface area contributed by atoms with E-state index in [1.165, 1.54) is 23.1 Å². The molecular weight excluding hydrogens is 526 g/mol. The average Bonchev–Trinajstić information content (AvgIpc) is 3.31. The van der Waals surface area contributed by atoms with Crippen LogP contribution in [0.15, 0.2) is 58.5 Å². The van der Waals surface area contributed by atoms with Gasteiger partial charge in [-0.25, -0.2) is 9.89 Å². The van der Waals surface area contributed by atoms with Crippen LogP contribution >= 0.6 is 11.8 Å². The van der Waals surface area contributed by atoms with Gasteiger partial charge in [0.1, 0.15) is 17.6 Å². The molecule has 210 valence electrons. The van der Waals surface area contributed by atoms with E-state index in [4.69, 9.17) is 14.7 Å². The van der Waals surface area contributed by atoms with Gasteiger partial charge < -0.3 is 15.4 Å². The quantitative estimate of drug-likeness (QED) is 0.446. The number of thioether (sulfide) groups is 1. The lowest BCUT2D eigenvalue weighted by Crippen LogP contribution is -2.43. The molecule has 2 aromatic rings. The number of aliphatic imine (C=N–C) groups is 2. The second-order valence-electron chi connectivity index (χ2n) is 10.2. The summed E-state index contributed by atoms with van der Waals surface area (Å²) in [5.74, 6) is 0.731. The second-order valence-corrected chi connectivity index (χ2v) is 11.4. The average molecular weight is 562 g/mol.